The molecule has 0 aliphatic carbocycles. The monoisotopic (exact) mass is 261 g/mol. The van der Waals surface area contributed by atoms with Gasteiger partial charge in [-0.05, 0) is 13.5 Å². The first-order valence-corrected chi connectivity index (χ1v) is 6.16. The minimum atomic E-state index is -0.598. The Morgan fingerprint density at radius 3 is 2.39 bits per heavy atom. The van der Waals surface area contributed by atoms with Gasteiger partial charge in [0.25, 0.3) is 0 Å². The number of likely N-dealkylation sites (N-methyl/N-ethyl adjacent to an activating group) is 1. The van der Waals surface area contributed by atoms with Crippen molar-refractivity contribution >= 4 is 5.91 Å². The Hall–Kier alpha value is -0.690. The molecule has 0 heterocycles. The normalized spacial score (nSPS) is 15.2. The van der Waals surface area contributed by atoms with Crippen molar-refractivity contribution < 1.29 is 14.6 Å². The molecule has 1 atom stereocenters. The molecule has 0 aromatic carbocycles. The molecule has 0 saturated carbocycles. The molecule has 0 aromatic rings. The lowest BCUT2D eigenvalue weighted by Crippen LogP contribution is -2.56. The molecule has 6 heteroatoms. The van der Waals surface area contributed by atoms with Crippen molar-refractivity contribution in [3.05, 3.63) is 0 Å². The molecule has 0 spiro atoms. The second kappa shape index (κ2) is 7.68. The molecular weight excluding hydrogens is 234 g/mol. The third kappa shape index (κ3) is 4.89. The summed E-state index contributed by atoms with van der Waals surface area (Å²) in [6.45, 7) is 4.80. The maximum atomic E-state index is 12.0. The average molecular weight is 261 g/mol. The number of nitrogens with two attached hydrogens (primary N) is 1. The van der Waals surface area contributed by atoms with Gasteiger partial charge in [0.15, 0.2) is 0 Å². The third-order valence-corrected chi connectivity index (χ3v) is 3.23. The summed E-state index contributed by atoms with van der Waals surface area (Å²) in [5.41, 5.74) is 4.51. The fourth-order valence-electron chi connectivity index (χ4n) is 1.63. The summed E-state index contributed by atoms with van der Waals surface area (Å²) in [5.74, 6) is -0.109. The standard InChI is InChI=1S/C12H27N3O3/c1-11(2,5-6-16)10(17)15-9-12(7-13,18-4)8-14-3/h14,16H,5-9,13H2,1-4H3,(H,15,17). The van der Waals surface area contributed by atoms with Gasteiger partial charge in [-0.1, -0.05) is 13.8 Å². The maximum absolute atomic E-state index is 12.0. The fraction of sp³-hybridized carbons (Fsp3) is 0.917. The number of nitrogens with one attached hydrogen (secondary N) is 2. The van der Waals surface area contributed by atoms with Gasteiger partial charge in [0, 0.05) is 38.8 Å². The van der Waals surface area contributed by atoms with E-state index in [9.17, 15) is 4.79 Å². The van der Waals surface area contributed by atoms with E-state index >= 15 is 0 Å². The molecule has 0 rings (SSSR count). The summed E-state index contributed by atoms with van der Waals surface area (Å²) in [6, 6.07) is 0. The topological polar surface area (TPSA) is 96.6 Å². The number of carbonyl (C=O) groups excluding carboxylic acids is 1. The van der Waals surface area contributed by atoms with Gasteiger partial charge in [0.2, 0.25) is 5.91 Å². The van der Waals surface area contributed by atoms with Crippen LogP contribution in [0, 0.1) is 5.41 Å². The first-order valence-electron chi connectivity index (χ1n) is 6.16. The van der Waals surface area contributed by atoms with E-state index in [-0.39, 0.29) is 12.5 Å². The van der Waals surface area contributed by atoms with Crippen molar-refractivity contribution in [3.63, 3.8) is 0 Å². The molecule has 108 valence electrons. The number of hydrogen-bond donors (Lipinski definition) is 4. The largest absolute Gasteiger partial charge is 0.396 e. The lowest BCUT2D eigenvalue weighted by molar-refractivity contribution is -0.131. The van der Waals surface area contributed by atoms with Crippen LogP contribution in [0.1, 0.15) is 20.3 Å². The van der Waals surface area contributed by atoms with Crippen LogP contribution in [0.5, 0.6) is 0 Å². The lowest BCUT2D eigenvalue weighted by atomic mass is 9.88. The first-order chi connectivity index (χ1) is 8.37. The average Bonchev–Trinajstić information content (AvgIpc) is 2.34. The zero-order chi connectivity index (χ0) is 14.2. The Morgan fingerprint density at radius 2 is 2.00 bits per heavy atom. The Balaban J connectivity index is 4.48. The summed E-state index contributed by atoms with van der Waals surface area (Å²) >= 11 is 0. The molecule has 0 fully saturated rings. The predicted molar refractivity (Wildman–Crippen MR) is 71.2 cm³/mol. The van der Waals surface area contributed by atoms with Gasteiger partial charge in [-0.15, -0.1) is 0 Å². The van der Waals surface area contributed by atoms with Crippen LogP contribution < -0.4 is 16.4 Å². The Labute approximate surface area is 109 Å². The minimum Gasteiger partial charge on any atom is -0.396 e. The number of aliphatic hydroxyl groups excluding tert-OH is 1. The first kappa shape index (κ1) is 17.3. The Morgan fingerprint density at radius 1 is 1.39 bits per heavy atom. The summed E-state index contributed by atoms with van der Waals surface area (Å²) in [4.78, 5) is 12.0. The van der Waals surface area contributed by atoms with Gasteiger partial charge in [-0.25, -0.2) is 0 Å². The molecular formula is C12H27N3O3. The van der Waals surface area contributed by atoms with Crippen molar-refractivity contribution in [2.75, 3.05) is 40.4 Å². The fourth-order valence-corrected chi connectivity index (χ4v) is 1.63. The van der Waals surface area contributed by atoms with Gasteiger partial charge in [0.05, 0.1) is 0 Å². The molecule has 0 radical (unpaired) electrons. The van der Waals surface area contributed by atoms with E-state index in [4.69, 9.17) is 15.6 Å². The molecule has 1 amide bonds. The zero-order valence-electron chi connectivity index (χ0n) is 11.9. The molecule has 6 nitrogen and oxygen atoms in total. The van der Waals surface area contributed by atoms with Crippen LogP contribution in [0.15, 0.2) is 0 Å². The number of hydrogen-bond acceptors (Lipinski definition) is 5. The van der Waals surface area contributed by atoms with Gasteiger partial charge in [-0.2, -0.15) is 0 Å². The van der Waals surface area contributed by atoms with Crippen LogP contribution in [0.25, 0.3) is 0 Å². The molecule has 5 N–H and O–H groups in total. The van der Waals surface area contributed by atoms with Crippen molar-refractivity contribution in [2.24, 2.45) is 11.1 Å². The van der Waals surface area contributed by atoms with E-state index in [2.05, 4.69) is 10.6 Å². The zero-order valence-corrected chi connectivity index (χ0v) is 11.9. The Bertz CT molecular complexity index is 253. The van der Waals surface area contributed by atoms with E-state index in [1.54, 1.807) is 28.0 Å². The number of aliphatic hydroxyl groups is 1. The highest BCUT2D eigenvalue weighted by atomic mass is 16.5. The van der Waals surface area contributed by atoms with Gasteiger partial charge >= 0.3 is 0 Å². The second-order valence-corrected chi connectivity index (χ2v) is 5.16. The number of ether oxygens (including phenoxy) is 1. The van der Waals surface area contributed by atoms with Gasteiger partial charge in [-0.3, -0.25) is 4.79 Å². The van der Waals surface area contributed by atoms with Crippen LogP contribution >= 0.6 is 0 Å². The smallest absolute Gasteiger partial charge is 0.225 e. The second-order valence-electron chi connectivity index (χ2n) is 5.16. The highest BCUT2D eigenvalue weighted by Crippen LogP contribution is 2.20. The molecule has 0 aliphatic rings. The van der Waals surface area contributed by atoms with Crippen LogP contribution in [0.4, 0.5) is 0 Å². The van der Waals surface area contributed by atoms with E-state index < -0.39 is 11.0 Å². The molecule has 0 aliphatic heterocycles. The van der Waals surface area contributed by atoms with E-state index in [0.29, 0.717) is 26.1 Å². The van der Waals surface area contributed by atoms with Crippen molar-refractivity contribution in [2.45, 2.75) is 25.9 Å². The number of methoxy groups -OCH3 is 1. The summed E-state index contributed by atoms with van der Waals surface area (Å²) in [5, 5.41) is 14.8. The number of amides is 1. The van der Waals surface area contributed by atoms with Crippen LogP contribution in [0.2, 0.25) is 0 Å². The van der Waals surface area contributed by atoms with Gasteiger partial charge in [0.1, 0.15) is 5.60 Å². The quantitative estimate of drug-likeness (QED) is 0.430. The highest BCUT2D eigenvalue weighted by molar-refractivity contribution is 5.81. The Kier molecular flexibility index (Phi) is 7.39. The predicted octanol–water partition coefficient (Wildman–Crippen LogP) is -0.925. The van der Waals surface area contributed by atoms with Crippen LogP contribution in [-0.2, 0) is 9.53 Å². The van der Waals surface area contributed by atoms with E-state index in [0.717, 1.165) is 0 Å². The van der Waals surface area contributed by atoms with Gasteiger partial charge < -0.3 is 26.2 Å². The van der Waals surface area contributed by atoms with E-state index in [1.165, 1.54) is 0 Å². The third-order valence-electron chi connectivity index (χ3n) is 3.23. The molecule has 0 saturated heterocycles. The molecule has 0 bridgehead atoms. The maximum Gasteiger partial charge on any atom is 0.225 e. The van der Waals surface area contributed by atoms with Crippen molar-refractivity contribution in [1.82, 2.24) is 10.6 Å². The molecule has 0 aromatic heterocycles. The number of rotatable bonds is 9. The summed E-state index contributed by atoms with van der Waals surface area (Å²) in [7, 11) is 3.39. The SMILES string of the molecule is CNCC(CN)(CNC(=O)C(C)(C)CCO)OC. The van der Waals surface area contributed by atoms with Crippen LogP contribution in [-0.4, -0.2) is 57.0 Å². The summed E-state index contributed by atoms with van der Waals surface area (Å²) in [6.07, 6.45) is 0.424. The highest BCUT2D eigenvalue weighted by Gasteiger charge is 2.32. The summed E-state index contributed by atoms with van der Waals surface area (Å²) < 4.78 is 5.40. The minimum absolute atomic E-state index is 0.0107. The number of carbonyl (C=O) groups is 1. The van der Waals surface area contributed by atoms with Crippen molar-refractivity contribution in [3.8, 4) is 0 Å². The van der Waals surface area contributed by atoms with Crippen molar-refractivity contribution in [1.29, 1.82) is 0 Å². The molecule has 18 heavy (non-hydrogen) atoms. The van der Waals surface area contributed by atoms with E-state index in [1.807, 2.05) is 0 Å². The lowest BCUT2D eigenvalue weighted by Gasteiger charge is -2.33. The molecule has 1 unspecified atom stereocenters. The van der Waals surface area contributed by atoms with Crippen LogP contribution in [0.3, 0.4) is 0 Å².